The van der Waals surface area contributed by atoms with Gasteiger partial charge in [0.05, 0.1) is 0 Å². The van der Waals surface area contributed by atoms with Gasteiger partial charge in [0.15, 0.2) is 0 Å². The van der Waals surface area contributed by atoms with Crippen molar-refractivity contribution in [1.29, 1.82) is 0 Å². The summed E-state index contributed by atoms with van der Waals surface area (Å²) in [6.07, 6.45) is 0.942. The average Bonchev–Trinajstić information content (AvgIpc) is 2.36. The number of aromatic nitrogens is 2. The molecule has 0 bridgehead atoms. The van der Waals surface area contributed by atoms with Crippen molar-refractivity contribution in [2.24, 2.45) is 5.92 Å². The predicted molar refractivity (Wildman–Crippen MR) is 52.4 cm³/mol. The third kappa shape index (κ3) is 3.16. The minimum atomic E-state index is 0.509. The maximum Gasteiger partial charge on any atom is 0.209 e. The van der Waals surface area contributed by atoms with Crippen molar-refractivity contribution < 1.29 is 4.74 Å². The molecular weight excluding hydrogens is 240 g/mol. The fraction of sp³-hybridized carbons (Fsp3) is 0.714. The molecule has 0 fully saturated rings. The molecule has 12 heavy (non-hydrogen) atoms. The summed E-state index contributed by atoms with van der Waals surface area (Å²) in [7, 11) is 1.71. The minimum Gasteiger partial charge on any atom is -0.384 e. The first kappa shape index (κ1) is 10.1. The van der Waals surface area contributed by atoms with E-state index in [0.29, 0.717) is 10.7 Å². The van der Waals surface area contributed by atoms with Crippen LogP contribution in [0.3, 0.4) is 0 Å². The van der Waals surface area contributed by atoms with Crippen LogP contribution in [-0.2, 0) is 11.2 Å². The topological polar surface area (TPSA) is 35.0 Å². The van der Waals surface area contributed by atoms with Gasteiger partial charge in [-0.25, -0.2) is 4.98 Å². The first-order valence-corrected chi connectivity index (χ1v) is 5.26. The number of ether oxygens (including phenoxy) is 1. The highest BCUT2D eigenvalue weighted by molar-refractivity contribution is 9.10. The van der Waals surface area contributed by atoms with Gasteiger partial charge in [-0.15, -0.1) is 0 Å². The van der Waals surface area contributed by atoms with Crippen molar-refractivity contribution in [2.45, 2.75) is 13.3 Å². The lowest BCUT2D eigenvalue weighted by molar-refractivity contribution is 0.159. The van der Waals surface area contributed by atoms with Crippen LogP contribution in [0.2, 0.25) is 0 Å². The summed E-state index contributed by atoms with van der Waals surface area (Å²) in [5.74, 6) is 0.509. The zero-order valence-corrected chi connectivity index (χ0v) is 9.48. The zero-order chi connectivity index (χ0) is 8.97. The molecule has 1 unspecified atom stereocenters. The maximum atomic E-state index is 5.03. The van der Waals surface area contributed by atoms with Crippen LogP contribution in [0, 0.1) is 5.92 Å². The largest absolute Gasteiger partial charge is 0.384 e. The second-order valence-corrected chi connectivity index (χ2v) is 4.27. The van der Waals surface area contributed by atoms with E-state index >= 15 is 0 Å². The van der Waals surface area contributed by atoms with Gasteiger partial charge >= 0.3 is 0 Å². The van der Waals surface area contributed by atoms with Crippen molar-refractivity contribution in [2.75, 3.05) is 13.7 Å². The lowest BCUT2D eigenvalue weighted by atomic mass is 10.1. The molecule has 0 amide bonds. The Hall–Kier alpha value is -0.0000000000000000278. The lowest BCUT2D eigenvalue weighted by Gasteiger charge is -2.05. The summed E-state index contributed by atoms with van der Waals surface area (Å²) in [5.41, 5.74) is 0. The highest BCUT2D eigenvalue weighted by Crippen LogP contribution is 2.14. The fourth-order valence-corrected chi connectivity index (χ4v) is 2.21. The van der Waals surface area contributed by atoms with E-state index in [1.807, 2.05) is 0 Å². The molecule has 1 atom stereocenters. The van der Waals surface area contributed by atoms with Crippen molar-refractivity contribution in [3.05, 3.63) is 9.74 Å². The second-order valence-electron chi connectivity index (χ2n) is 2.72. The number of rotatable bonds is 4. The molecule has 1 heterocycles. The quantitative estimate of drug-likeness (QED) is 0.822. The summed E-state index contributed by atoms with van der Waals surface area (Å²) in [6.45, 7) is 2.91. The van der Waals surface area contributed by atoms with E-state index in [4.69, 9.17) is 4.74 Å². The Balaban J connectivity index is 2.41. The van der Waals surface area contributed by atoms with E-state index in [1.54, 1.807) is 7.11 Å². The lowest BCUT2D eigenvalue weighted by Crippen LogP contribution is -2.06. The average molecular weight is 251 g/mol. The van der Waals surface area contributed by atoms with Crippen molar-refractivity contribution in [3.8, 4) is 0 Å². The standard InChI is InChI=1S/C7H11BrN2OS/c1-5(4-11-2)3-6-9-7(8)10-12-6/h5H,3-4H2,1-2H3. The van der Waals surface area contributed by atoms with E-state index in [2.05, 4.69) is 32.2 Å². The van der Waals surface area contributed by atoms with Crippen LogP contribution in [0.5, 0.6) is 0 Å². The maximum absolute atomic E-state index is 5.03. The van der Waals surface area contributed by atoms with Gasteiger partial charge in [-0.3, -0.25) is 0 Å². The first-order chi connectivity index (χ1) is 5.72. The third-order valence-electron chi connectivity index (χ3n) is 1.42. The monoisotopic (exact) mass is 250 g/mol. The third-order valence-corrected chi connectivity index (χ3v) is 2.74. The Morgan fingerprint density at radius 1 is 1.67 bits per heavy atom. The molecule has 3 nitrogen and oxygen atoms in total. The molecule has 0 saturated carbocycles. The predicted octanol–water partition coefficient (Wildman–Crippen LogP) is 2.13. The number of halogens is 1. The van der Waals surface area contributed by atoms with Crippen LogP contribution >= 0.6 is 27.5 Å². The van der Waals surface area contributed by atoms with E-state index in [0.717, 1.165) is 18.0 Å². The Bertz CT molecular complexity index is 241. The second kappa shape index (κ2) is 4.89. The molecule has 0 aliphatic carbocycles. The summed E-state index contributed by atoms with van der Waals surface area (Å²) >= 11 is 4.66. The smallest absolute Gasteiger partial charge is 0.209 e. The Morgan fingerprint density at radius 3 is 2.92 bits per heavy atom. The normalized spacial score (nSPS) is 13.2. The van der Waals surface area contributed by atoms with Gasteiger partial charge in [0.1, 0.15) is 5.01 Å². The Kier molecular flexibility index (Phi) is 4.11. The van der Waals surface area contributed by atoms with Crippen LogP contribution in [-0.4, -0.2) is 23.1 Å². The zero-order valence-electron chi connectivity index (χ0n) is 7.08. The van der Waals surface area contributed by atoms with Gasteiger partial charge in [0.2, 0.25) is 4.73 Å². The van der Waals surface area contributed by atoms with Crippen LogP contribution in [0.25, 0.3) is 0 Å². The molecule has 0 aromatic carbocycles. The van der Waals surface area contributed by atoms with Crippen LogP contribution < -0.4 is 0 Å². The molecule has 0 radical (unpaired) electrons. The summed E-state index contributed by atoms with van der Waals surface area (Å²) in [6, 6.07) is 0. The van der Waals surface area contributed by atoms with Gasteiger partial charge in [-0.05, 0) is 33.4 Å². The summed E-state index contributed by atoms with van der Waals surface area (Å²) in [4.78, 5) is 4.20. The van der Waals surface area contributed by atoms with E-state index < -0.39 is 0 Å². The van der Waals surface area contributed by atoms with E-state index in [1.165, 1.54) is 11.5 Å². The van der Waals surface area contributed by atoms with Crippen LogP contribution in [0.1, 0.15) is 11.9 Å². The van der Waals surface area contributed by atoms with Gasteiger partial charge in [0, 0.05) is 20.1 Å². The fourth-order valence-electron chi connectivity index (χ4n) is 0.959. The summed E-state index contributed by atoms with van der Waals surface area (Å²) in [5, 5.41) is 1.06. The molecule has 1 aromatic rings. The molecule has 0 spiro atoms. The number of methoxy groups -OCH3 is 1. The molecule has 1 aromatic heterocycles. The van der Waals surface area contributed by atoms with Crippen LogP contribution in [0.15, 0.2) is 4.73 Å². The Morgan fingerprint density at radius 2 is 2.42 bits per heavy atom. The molecule has 0 N–H and O–H groups in total. The molecule has 1 rings (SSSR count). The highest BCUT2D eigenvalue weighted by Gasteiger charge is 2.07. The van der Waals surface area contributed by atoms with E-state index in [9.17, 15) is 0 Å². The molecule has 5 heteroatoms. The minimum absolute atomic E-state index is 0.509. The number of hydrogen-bond donors (Lipinski definition) is 0. The van der Waals surface area contributed by atoms with Crippen LogP contribution in [0.4, 0.5) is 0 Å². The molecule has 0 saturated heterocycles. The molecule has 0 aliphatic rings. The van der Waals surface area contributed by atoms with Gasteiger partial charge in [-0.1, -0.05) is 6.92 Å². The van der Waals surface area contributed by atoms with Crippen molar-refractivity contribution in [1.82, 2.24) is 9.36 Å². The molecule has 0 aliphatic heterocycles. The number of nitrogens with zero attached hydrogens (tertiary/aromatic N) is 2. The van der Waals surface area contributed by atoms with Crippen molar-refractivity contribution >= 4 is 27.5 Å². The van der Waals surface area contributed by atoms with Gasteiger partial charge < -0.3 is 4.74 Å². The first-order valence-electron chi connectivity index (χ1n) is 3.69. The van der Waals surface area contributed by atoms with Gasteiger partial charge in [0.25, 0.3) is 0 Å². The van der Waals surface area contributed by atoms with Gasteiger partial charge in [-0.2, -0.15) is 4.37 Å². The SMILES string of the molecule is COCC(C)Cc1nc(Br)ns1. The summed E-state index contributed by atoms with van der Waals surface area (Å²) < 4.78 is 9.75. The molecular formula is C7H11BrN2OS. The molecule has 68 valence electrons. The van der Waals surface area contributed by atoms with E-state index in [-0.39, 0.29) is 0 Å². The number of hydrogen-bond acceptors (Lipinski definition) is 4. The highest BCUT2D eigenvalue weighted by atomic mass is 79.9. The van der Waals surface area contributed by atoms with Crippen molar-refractivity contribution in [3.63, 3.8) is 0 Å². The Labute approximate surface area is 84.5 Å².